The molecule has 4 heteroatoms. The average Bonchev–Trinajstić information content (AvgIpc) is 2.69. The first kappa shape index (κ1) is 9.78. The van der Waals surface area contributed by atoms with Crippen molar-refractivity contribution in [3.05, 3.63) is 24.3 Å². The van der Waals surface area contributed by atoms with Crippen molar-refractivity contribution in [3.63, 3.8) is 0 Å². The molecule has 1 aromatic heterocycles. The molecule has 1 saturated carbocycles. The van der Waals surface area contributed by atoms with Crippen LogP contribution in [0, 0.1) is 5.92 Å². The van der Waals surface area contributed by atoms with Crippen LogP contribution in [0.1, 0.15) is 18.9 Å². The Morgan fingerprint density at radius 1 is 1.38 bits per heavy atom. The summed E-state index contributed by atoms with van der Waals surface area (Å²) in [6.45, 7) is 1.07. The van der Waals surface area contributed by atoms with Gasteiger partial charge in [-0.1, -0.05) is 17.3 Å². The minimum absolute atomic E-state index is 0.528. The monoisotopic (exact) mass is 216 g/mol. The lowest BCUT2D eigenvalue weighted by Crippen LogP contribution is -2.36. The van der Waals surface area contributed by atoms with Crippen molar-refractivity contribution in [1.82, 2.24) is 20.3 Å². The SMILES string of the molecule is CNCC1CCC1n1nnc2ccccc21. The second kappa shape index (κ2) is 3.87. The van der Waals surface area contributed by atoms with Crippen LogP contribution in [-0.4, -0.2) is 28.6 Å². The maximum Gasteiger partial charge on any atom is 0.113 e. The molecule has 3 rings (SSSR count). The Morgan fingerprint density at radius 3 is 3.00 bits per heavy atom. The standard InChI is InChI=1S/C12H16N4/c1-13-8-9-6-7-11(9)16-12-5-3-2-4-10(12)14-15-16/h2-5,9,11,13H,6-8H2,1H3. The quantitative estimate of drug-likeness (QED) is 0.847. The minimum atomic E-state index is 0.528. The van der Waals surface area contributed by atoms with Crippen molar-refractivity contribution < 1.29 is 0 Å². The Hall–Kier alpha value is -1.42. The molecule has 1 aliphatic carbocycles. The van der Waals surface area contributed by atoms with Gasteiger partial charge < -0.3 is 5.32 Å². The van der Waals surface area contributed by atoms with Crippen molar-refractivity contribution in [1.29, 1.82) is 0 Å². The summed E-state index contributed by atoms with van der Waals surface area (Å²) >= 11 is 0. The predicted octanol–water partition coefficient (Wildman–Crippen LogP) is 1.60. The number of benzene rings is 1. The summed E-state index contributed by atoms with van der Waals surface area (Å²) in [5.41, 5.74) is 2.16. The van der Waals surface area contributed by atoms with Gasteiger partial charge >= 0.3 is 0 Å². The van der Waals surface area contributed by atoms with Gasteiger partial charge in [-0.15, -0.1) is 5.10 Å². The van der Waals surface area contributed by atoms with E-state index in [4.69, 9.17) is 0 Å². The molecule has 4 nitrogen and oxygen atoms in total. The zero-order valence-corrected chi connectivity index (χ0v) is 9.43. The van der Waals surface area contributed by atoms with Crippen molar-refractivity contribution in [2.75, 3.05) is 13.6 Å². The molecule has 2 atom stereocenters. The average molecular weight is 216 g/mol. The van der Waals surface area contributed by atoms with Crippen LogP contribution in [0.2, 0.25) is 0 Å². The topological polar surface area (TPSA) is 42.7 Å². The highest BCUT2D eigenvalue weighted by Gasteiger charge is 2.33. The number of aromatic nitrogens is 3. The van der Waals surface area contributed by atoms with E-state index in [1.54, 1.807) is 0 Å². The lowest BCUT2D eigenvalue weighted by molar-refractivity contribution is 0.168. The van der Waals surface area contributed by atoms with E-state index in [9.17, 15) is 0 Å². The van der Waals surface area contributed by atoms with Crippen LogP contribution in [0.25, 0.3) is 11.0 Å². The number of rotatable bonds is 3. The van der Waals surface area contributed by atoms with E-state index < -0.39 is 0 Å². The number of hydrogen-bond donors (Lipinski definition) is 1. The molecule has 0 aliphatic heterocycles. The largest absolute Gasteiger partial charge is 0.319 e. The van der Waals surface area contributed by atoms with E-state index in [2.05, 4.69) is 26.4 Å². The molecule has 1 heterocycles. The zero-order chi connectivity index (χ0) is 11.0. The number of nitrogens with zero attached hydrogens (tertiary/aromatic N) is 3. The summed E-state index contributed by atoms with van der Waals surface area (Å²) in [6.07, 6.45) is 2.51. The van der Waals surface area contributed by atoms with Gasteiger partial charge in [-0.05, 0) is 44.5 Å². The van der Waals surface area contributed by atoms with Gasteiger partial charge in [0.25, 0.3) is 0 Å². The van der Waals surface area contributed by atoms with Gasteiger partial charge in [0.1, 0.15) is 5.52 Å². The Morgan fingerprint density at radius 2 is 2.25 bits per heavy atom. The summed E-state index contributed by atoms with van der Waals surface area (Å²) in [7, 11) is 2.01. The first-order valence-electron chi connectivity index (χ1n) is 5.84. The molecule has 0 radical (unpaired) electrons. The van der Waals surface area contributed by atoms with E-state index in [-0.39, 0.29) is 0 Å². The Labute approximate surface area is 94.6 Å². The maximum atomic E-state index is 4.29. The fourth-order valence-electron chi connectivity index (χ4n) is 2.51. The molecular weight excluding hydrogens is 200 g/mol. The Balaban J connectivity index is 1.94. The Kier molecular flexibility index (Phi) is 2.36. The number of para-hydroxylation sites is 1. The molecule has 0 amide bonds. The van der Waals surface area contributed by atoms with Gasteiger partial charge in [-0.25, -0.2) is 4.68 Å². The first-order chi connectivity index (χ1) is 7.90. The normalized spacial score (nSPS) is 24.6. The van der Waals surface area contributed by atoms with Gasteiger partial charge in [0.2, 0.25) is 0 Å². The highest BCUT2D eigenvalue weighted by atomic mass is 15.4. The molecule has 2 unspecified atom stereocenters. The molecule has 1 aliphatic rings. The minimum Gasteiger partial charge on any atom is -0.319 e. The summed E-state index contributed by atoms with van der Waals surface area (Å²) in [6, 6.07) is 8.70. The smallest absolute Gasteiger partial charge is 0.113 e. The summed E-state index contributed by atoms with van der Waals surface area (Å²) in [5, 5.41) is 11.7. The van der Waals surface area contributed by atoms with Crippen LogP contribution in [0.5, 0.6) is 0 Å². The molecule has 1 fully saturated rings. The molecule has 0 bridgehead atoms. The van der Waals surface area contributed by atoms with Crippen LogP contribution in [0.3, 0.4) is 0 Å². The molecule has 0 spiro atoms. The van der Waals surface area contributed by atoms with Gasteiger partial charge in [0.05, 0.1) is 11.6 Å². The van der Waals surface area contributed by atoms with Gasteiger partial charge in [-0.3, -0.25) is 0 Å². The van der Waals surface area contributed by atoms with E-state index in [0.29, 0.717) is 12.0 Å². The van der Waals surface area contributed by atoms with Crippen molar-refractivity contribution in [2.45, 2.75) is 18.9 Å². The number of hydrogen-bond acceptors (Lipinski definition) is 3. The summed E-state index contributed by atoms with van der Waals surface area (Å²) in [5.74, 6) is 0.704. The van der Waals surface area contributed by atoms with Crippen LogP contribution in [-0.2, 0) is 0 Å². The second-order valence-corrected chi connectivity index (χ2v) is 4.49. The van der Waals surface area contributed by atoms with Crippen molar-refractivity contribution in [3.8, 4) is 0 Å². The lowest BCUT2D eigenvalue weighted by Gasteiger charge is -2.36. The van der Waals surface area contributed by atoms with E-state index in [1.165, 1.54) is 12.8 Å². The third-order valence-electron chi connectivity index (χ3n) is 3.54. The van der Waals surface area contributed by atoms with Crippen molar-refractivity contribution >= 4 is 11.0 Å². The molecule has 2 aromatic rings. The summed E-state index contributed by atoms with van der Waals surface area (Å²) < 4.78 is 2.10. The second-order valence-electron chi connectivity index (χ2n) is 4.49. The maximum absolute atomic E-state index is 4.29. The van der Waals surface area contributed by atoms with Crippen molar-refractivity contribution in [2.24, 2.45) is 5.92 Å². The molecule has 16 heavy (non-hydrogen) atoms. The third kappa shape index (κ3) is 1.41. The predicted molar refractivity (Wildman–Crippen MR) is 63.2 cm³/mol. The molecule has 84 valence electrons. The van der Waals surface area contributed by atoms with Gasteiger partial charge in [-0.2, -0.15) is 0 Å². The van der Waals surface area contributed by atoms with Crippen LogP contribution >= 0.6 is 0 Å². The Bertz CT molecular complexity index is 490. The third-order valence-corrected chi connectivity index (χ3v) is 3.54. The van der Waals surface area contributed by atoms with E-state index >= 15 is 0 Å². The number of nitrogens with one attached hydrogen (secondary N) is 1. The number of fused-ring (bicyclic) bond motifs is 1. The molecule has 1 N–H and O–H groups in total. The molecular formula is C12H16N4. The van der Waals surface area contributed by atoms with Crippen LogP contribution in [0.4, 0.5) is 0 Å². The van der Waals surface area contributed by atoms with Crippen LogP contribution < -0.4 is 5.32 Å². The highest BCUT2D eigenvalue weighted by molar-refractivity contribution is 5.74. The summed E-state index contributed by atoms with van der Waals surface area (Å²) in [4.78, 5) is 0. The fraction of sp³-hybridized carbons (Fsp3) is 0.500. The van der Waals surface area contributed by atoms with E-state index in [0.717, 1.165) is 17.6 Å². The highest BCUT2D eigenvalue weighted by Crippen LogP contribution is 2.38. The van der Waals surface area contributed by atoms with Gasteiger partial charge in [0.15, 0.2) is 0 Å². The fourth-order valence-corrected chi connectivity index (χ4v) is 2.51. The van der Waals surface area contributed by atoms with Gasteiger partial charge in [0, 0.05) is 0 Å². The first-order valence-corrected chi connectivity index (χ1v) is 5.84. The molecule has 0 saturated heterocycles. The van der Waals surface area contributed by atoms with E-state index in [1.807, 2.05) is 25.2 Å². The zero-order valence-electron chi connectivity index (χ0n) is 9.43. The molecule has 1 aromatic carbocycles. The lowest BCUT2D eigenvalue weighted by atomic mass is 9.79. The van der Waals surface area contributed by atoms with Crippen LogP contribution in [0.15, 0.2) is 24.3 Å².